The first-order valence-electron chi connectivity index (χ1n) is 10.4. The highest BCUT2D eigenvalue weighted by atomic mass is 32.1. The summed E-state index contributed by atoms with van der Waals surface area (Å²) >= 11 is 1.22. The molecule has 1 atom stereocenters. The molecule has 4 nitrogen and oxygen atoms in total. The summed E-state index contributed by atoms with van der Waals surface area (Å²) in [7, 11) is 0. The predicted molar refractivity (Wildman–Crippen MR) is 116 cm³/mol. The van der Waals surface area contributed by atoms with Crippen molar-refractivity contribution in [3.63, 3.8) is 0 Å². The van der Waals surface area contributed by atoms with Crippen LogP contribution in [0.1, 0.15) is 59.0 Å². The second kappa shape index (κ2) is 9.42. The van der Waals surface area contributed by atoms with Crippen LogP contribution in [0, 0.1) is 20.8 Å². The van der Waals surface area contributed by atoms with E-state index in [0.29, 0.717) is 20.9 Å². The zero-order chi connectivity index (χ0) is 22.8. The van der Waals surface area contributed by atoms with Crippen LogP contribution >= 0.6 is 11.3 Å². The number of aryl methyl sites for hydroxylation is 3. The molecule has 2 aromatic rings. The molecule has 0 spiro atoms. The van der Waals surface area contributed by atoms with Gasteiger partial charge in [0.05, 0.1) is 0 Å². The summed E-state index contributed by atoms with van der Waals surface area (Å²) in [6, 6.07) is 6.73. The van der Waals surface area contributed by atoms with Crippen LogP contribution in [0.5, 0.6) is 0 Å². The van der Waals surface area contributed by atoms with Gasteiger partial charge in [-0.3, -0.25) is 14.5 Å². The van der Waals surface area contributed by atoms with E-state index in [1.165, 1.54) is 23.5 Å². The molecule has 3 rings (SSSR count). The summed E-state index contributed by atoms with van der Waals surface area (Å²) in [5.41, 5.74) is 1.49. The minimum absolute atomic E-state index is 0.0645. The van der Waals surface area contributed by atoms with Crippen LogP contribution in [0.25, 0.3) is 0 Å². The number of hydrogen-bond acceptors (Lipinski definition) is 3. The van der Waals surface area contributed by atoms with E-state index >= 15 is 0 Å². The largest absolute Gasteiger partial charge is 0.471 e. The second-order valence-corrected chi connectivity index (χ2v) is 9.53. The number of rotatable bonds is 5. The first-order valence-corrected chi connectivity index (χ1v) is 11.2. The van der Waals surface area contributed by atoms with Crippen LogP contribution in [0.4, 0.5) is 18.9 Å². The summed E-state index contributed by atoms with van der Waals surface area (Å²) in [4.78, 5) is 27.9. The van der Waals surface area contributed by atoms with Gasteiger partial charge >= 0.3 is 12.1 Å². The summed E-state index contributed by atoms with van der Waals surface area (Å²) in [5, 5.41) is 2.92. The molecule has 1 aliphatic carbocycles. The number of amides is 2. The maximum atomic E-state index is 13.7. The monoisotopic (exact) mass is 452 g/mol. The number of carbonyl (C=O) groups excluding carboxylic acids is 2. The number of carbonyl (C=O) groups is 2. The van der Waals surface area contributed by atoms with E-state index in [1.807, 2.05) is 13.0 Å². The van der Waals surface area contributed by atoms with Crippen molar-refractivity contribution < 1.29 is 22.8 Å². The zero-order valence-electron chi connectivity index (χ0n) is 17.9. The molecule has 2 amide bonds. The van der Waals surface area contributed by atoms with Gasteiger partial charge in [0, 0.05) is 21.5 Å². The Kier molecular flexibility index (Phi) is 7.09. The molecule has 1 N–H and O–H groups in total. The minimum Gasteiger partial charge on any atom is -0.351 e. The Morgan fingerprint density at radius 1 is 1.03 bits per heavy atom. The molecule has 1 saturated carbocycles. The van der Waals surface area contributed by atoms with E-state index in [1.54, 1.807) is 26.0 Å². The molecule has 168 valence electrons. The minimum atomic E-state index is -5.12. The highest BCUT2D eigenvalue weighted by Gasteiger charge is 2.48. The molecular weight excluding hydrogens is 425 g/mol. The molecule has 8 heteroatoms. The highest BCUT2D eigenvalue weighted by molar-refractivity contribution is 7.12. The molecule has 1 fully saturated rings. The van der Waals surface area contributed by atoms with E-state index in [4.69, 9.17) is 0 Å². The Balaban J connectivity index is 2.09. The molecule has 1 aromatic carbocycles. The predicted octanol–water partition coefficient (Wildman–Crippen LogP) is 5.76. The Bertz CT molecular complexity index is 928. The van der Waals surface area contributed by atoms with Gasteiger partial charge in [0.15, 0.2) is 6.04 Å². The van der Waals surface area contributed by atoms with Gasteiger partial charge in [-0.1, -0.05) is 25.3 Å². The Hall–Kier alpha value is -2.35. The fourth-order valence-electron chi connectivity index (χ4n) is 4.11. The van der Waals surface area contributed by atoms with E-state index in [2.05, 4.69) is 5.32 Å². The highest BCUT2D eigenvalue weighted by Crippen LogP contribution is 2.36. The number of thiophene rings is 1. The van der Waals surface area contributed by atoms with Gasteiger partial charge < -0.3 is 5.32 Å². The van der Waals surface area contributed by atoms with Crippen LogP contribution in [-0.2, 0) is 9.59 Å². The van der Waals surface area contributed by atoms with Gasteiger partial charge in [-0.2, -0.15) is 13.2 Å². The van der Waals surface area contributed by atoms with Crippen molar-refractivity contribution in [3.05, 3.63) is 51.2 Å². The van der Waals surface area contributed by atoms with Crippen LogP contribution in [0.3, 0.4) is 0 Å². The van der Waals surface area contributed by atoms with Crippen LogP contribution in [-0.4, -0.2) is 24.0 Å². The smallest absolute Gasteiger partial charge is 0.351 e. The first-order chi connectivity index (χ1) is 14.6. The summed E-state index contributed by atoms with van der Waals surface area (Å²) in [6.07, 6.45) is -0.516. The lowest BCUT2D eigenvalue weighted by Gasteiger charge is -2.33. The number of halogens is 3. The molecule has 1 aliphatic rings. The van der Waals surface area contributed by atoms with E-state index < -0.39 is 24.0 Å². The average Bonchev–Trinajstić information content (AvgIpc) is 3.10. The summed E-state index contributed by atoms with van der Waals surface area (Å²) in [5.74, 6) is -2.63. The quantitative estimate of drug-likeness (QED) is 0.627. The lowest BCUT2D eigenvalue weighted by Crippen LogP contribution is -2.50. The second-order valence-electron chi connectivity index (χ2n) is 8.21. The maximum Gasteiger partial charge on any atom is 0.471 e. The van der Waals surface area contributed by atoms with Gasteiger partial charge in [0.25, 0.3) is 0 Å². The summed E-state index contributed by atoms with van der Waals surface area (Å²) in [6.45, 7) is 5.31. The van der Waals surface area contributed by atoms with Crippen molar-refractivity contribution in [1.29, 1.82) is 0 Å². The molecule has 1 heterocycles. The van der Waals surface area contributed by atoms with Gasteiger partial charge in [-0.05, 0) is 69.0 Å². The first kappa shape index (κ1) is 23.3. The number of nitrogens with zero attached hydrogens (tertiary/aromatic N) is 1. The van der Waals surface area contributed by atoms with Crippen molar-refractivity contribution in [2.75, 3.05) is 4.90 Å². The van der Waals surface area contributed by atoms with Gasteiger partial charge in [0.1, 0.15) is 0 Å². The zero-order valence-corrected chi connectivity index (χ0v) is 18.7. The average molecular weight is 453 g/mol. The number of nitrogens with one attached hydrogen (secondary N) is 1. The SMILES string of the molecule is Cc1cc(C)cc(N(C(=O)C(F)(F)F)[C@@H](C(=O)NC2CCCCC2)c2ccc(C)s2)c1. The molecule has 0 bridgehead atoms. The topological polar surface area (TPSA) is 49.4 Å². The third kappa shape index (κ3) is 5.67. The molecular formula is C23H27F3N2O2S. The molecule has 0 radical (unpaired) electrons. The van der Waals surface area contributed by atoms with Crippen LogP contribution < -0.4 is 10.2 Å². The molecule has 0 unspecified atom stereocenters. The Morgan fingerprint density at radius 2 is 1.65 bits per heavy atom. The van der Waals surface area contributed by atoms with Crippen LogP contribution in [0.15, 0.2) is 30.3 Å². The number of benzene rings is 1. The number of hydrogen-bond donors (Lipinski definition) is 1. The lowest BCUT2D eigenvalue weighted by atomic mass is 9.95. The maximum absolute atomic E-state index is 13.7. The lowest BCUT2D eigenvalue weighted by molar-refractivity contribution is -0.171. The molecule has 1 aromatic heterocycles. The Labute approximate surface area is 184 Å². The molecule has 0 aliphatic heterocycles. The van der Waals surface area contributed by atoms with E-state index in [0.717, 1.165) is 37.0 Å². The number of anilines is 1. The van der Waals surface area contributed by atoms with Crippen molar-refractivity contribution in [2.24, 2.45) is 0 Å². The Morgan fingerprint density at radius 3 is 2.16 bits per heavy atom. The van der Waals surface area contributed by atoms with Crippen molar-refractivity contribution in [2.45, 2.75) is 71.1 Å². The van der Waals surface area contributed by atoms with Crippen molar-refractivity contribution >= 4 is 28.8 Å². The fraction of sp³-hybridized carbons (Fsp3) is 0.478. The van der Waals surface area contributed by atoms with Gasteiger partial charge in [-0.25, -0.2) is 0 Å². The van der Waals surface area contributed by atoms with E-state index in [-0.39, 0.29) is 11.7 Å². The third-order valence-corrected chi connectivity index (χ3v) is 6.49. The fourth-order valence-corrected chi connectivity index (χ4v) is 5.08. The molecule has 0 saturated heterocycles. The third-order valence-electron chi connectivity index (χ3n) is 5.43. The van der Waals surface area contributed by atoms with Crippen molar-refractivity contribution in [3.8, 4) is 0 Å². The van der Waals surface area contributed by atoms with Crippen LogP contribution in [0.2, 0.25) is 0 Å². The standard InChI is InChI=1S/C23H27F3N2O2S/c1-14-11-15(2)13-18(12-14)28(22(30)23(24,25)26)20(19-10-9-16(3)31-19)21(29)27-17-7-5-4-6-8-17/h9-13,17,20H,4-8H2,1-3H3,(H,27,29)/t20-/m1/s1. The summed E-state index contributed by atoms with van der Waals surface area (Å²) < 4.78 is 41.0. The normalized spacial score (nSPS) is 16.1. The van der Waals surface area contributed by atoms with E-state index in [9.17, 15) is 22.8 Å². The number of alkyl halides is 3. The molecule has 31 heavy (non-hydrogen) atoms. The van der Waals surface area contributed by atoms with Gasteiger partial charge in [0.2, 0.25) is 5.91 Å². The van der Waals surface area contributed by atoms with Gasteiger partial charge in [-0.15, -0.1) is 11.3 Å². The van der Waals surface area contributed by atoms with Crippen molar-refractivity contribution in [1.82, 2.24) is 5.32 Å².